The number of thiophene rings is 1. The molecule has 0 amide bonds. The topological polar surface area (TPSA) is 12.0 Å². The second-order valence-corrected chi connectivity index (χ2v) is 6.66. The molecule has 1 N–H and O–H groups in total. The van der Waals surface area contributed by atoms with Crippen molar-refractivity contribution in [3.63, 3.8) is 0 Å². The number of nitrogens with one attached hydrogen (secondary N) is 1. The van der Waals surface area contributed by atoms with E-state index in [9.17, 15) is 0 Å². The number of hydrogen-bond donors (Lipinski definition) is 1. The largest absolute Gasteiger partial charge is 0.314 e. The van der Waals surface area contributed by atoms with Gasteiger partial charge in [0.05, 0.1) is 0 Å². The van der Waals surface area contributed by atoms with Crippen LogP contribution in [-0.4, -0.2) is 24.1 Å². The molecule has 3 heteroatoms. The minimum atomic E-state index is 0.781. The summed E-state index contributed by atoms with van der Waals surface area (Å²) in [7, 11) is 0. The highest BCUT2D eigenvalue weighted by Gasteiger charge is 2.19. The second kappa shape index (κ2) is 6.67. The first-order valence-electron chi connectivity index (χ1n) is 6.17. The smallest absolute Gasteiger partial charge is 0.00679 e. The summed E-state index contributed by atoms with van der Waals surface area (Å²) < 4.78 is 0. The first-order valence-corrected chi connectivity index (χ1v) is 8.34. The summed E-state index contributed by atoms with van der Waals surface area (Å²) in [6.45, 7) is 1.15. The molecule has 1 aromatic rings. The van der Waals surface area contributed by atoms with Crippen LogP contribution in [0.3, 0.4) is 0 Å². The van der Waals surface area contributed by atoms with E-state index in [4.69, 9.17) is 0 Å². The minimum absolute atomic E-state index is 0.781. The Morgan fingerprint density at radius 1 is 1.38 bits per heavy atom. The van der Waals surface area contributed by atoms with Crippen LogP contribution in [0.15, 0.2) is 17.5 Å². The van der Waals surface area contributed by atoms with Gasteiger partial charge in [0.25, 0.3) is 0 Å². The number of hydrogen-bond acceptors (Lipinski definition) is 3. The van der Waals surface area contributed by atoms with Gasteiger partial charge in [0, 0.05) is 22.7 Å². The molecule has 1 aliphatic rings. The van der Waals surface area contributed by atoms with Crippen molar-refractivity contribution in [3.05, 3.63) is 22.4 Å². The molecule has 1 heterocycles. The average molecular weight is 255 g/mol. The maximum absolute atomic E-state index is 3.70. The van der Waals surface area contributed by atoms with E-state index < -0.39 is 0 Å². The molecule has 0 spiro atoms. The van der Waals surface area contributed by atoms with Gasteiger partial charge >= 0.3 is 0 Å². The van der Waals surface area contributed by atoms with Gasteiger partial charge in [-0.2, -0.15) is 11.8 Å². The summed E-state index contributed by atoms with van der Waals surface area (Å²) >= 11 is 3.91. The standard InChI is InChI=1S/C13H21NS2/c1-15-12-6-4-11(5-7-12)14-9-8-13-3-2-10-16-13/h2-3,10-12,14H,4-9H2,1H3. The predicted molar refractivity (Wildman–Crippen MR) is 75.6 cm³/mol. The summed E-state index contributed by atoms with van der Waals surface area (Å²) in [4.78, 5) is 1.50. The molecular formula is C13H21NS2. The minimum Gasteiger partial charge on any atom is -0.314 e. The molecule has 0 saturated heterocycles. The summed E-state index contributed by atoms with van der Waals surface area (Å²) in [6.07, 6.45) is 8.98. The van der Waals surface area contributed by atoms with Crippen LogP contribution in [0, 0.1) is 0 Å². The molecule has 90 valence electrons. The summed E-state index contributed by atoms with van der Waals surface area (Å²) in [5.74, 6) is 0. The van der Waals surface area contributed by atoms with Crippen LogP contribution in [0.25, 0.3) is 0 Å². The molecule has 0 aliphatic heterocycles. The maximum Gasteiger partial charge on any atom is 0.00679 e. The third kappa shape index (κ3) is 3.79. The van der Waals surface area contributed by atoms with Crippen molar-refractivity contribution in [1.29, 1.82) is 0 Å². The fraction of sp³-hybridized carbons (Fsp3) is 0.692. The summed E-state index contributed by atoms with van der Waals surface area (Å²) in [5, 5.41) is 6.79. The third-order valence-electron chi connectivity index (χ3n) is 3.39. The quantitative estimate of drug-likeness (QED) is 0.863. The normalized spacial score (nSPS) is 25.8. The lowest BCUT2D eigenvalue weighted by molar-refractivity contribution is 0.382. The van der Waals surface area contributed by atoms with Crippen LogP contribution >= 0.6 is 23.1 Å². The van der Waals surface area contributed by atoms with Crippen molar-refractivity contribution >= 4 is 23.1 Å². The second-order valence-electron chi connectivity index (χ2n) is 4.49. The van der Waals surface area contributed by atoms with Gasteiger partial charge in [-0.15, -0.1) is 11.3 Å². The Balaban J connectivity index is 1.60. The Morgan fingerprint density at radius 3 is 2.81 bits per heavy atom. The van der Waals surface area contributed by atoms with E-state index in [0.29, 0.717) is 0 Å². The van der Waals surface area contributed by atoms with Gasteiger partial charge < -0.3 is 5.32 Å². The van der Waals surface area contributed by atoms with E-state index in [-0.39, 0.29) is 0 Å². The van der Waals surface area contributed by atoms with E-state index in [1.807, 2.05) is 23.1 Å². The molecule has 0 atom stereocenters. The van der Waals surface area contributed by atoms with Gasteiger partial charge in [-0.3, -0.25) is 0 Å². The van der Waals surface area contributed by atoms with E-state index >= 15 is 0 Å². The molecule has 2 rings (SSSR count). The Labute approximate surface area is 107 Å². The van der Waals surface area contributed by atoms with Crippen LogP contribution in [0.2, 0.25) is 0 Å². The van der Waals surface area contributed by atoms with E-state index in [2.05, 4.69) is 29.1 Å². The SMILES string of the molecule is CSC1CCC(NCCc2cccs2)CC1. The number of rotatable bonds is 5. The predicted octanol–water partition coefficient (Wildman–Crippen LogP) is 3.55. The van der Waals surface area contributed by atoms with Crippen molar-refractivity contribution in [2.45, 2.75) is 43.4 Å². The maximum atomic E-state index is 3.70. The zero-order valence-corrected chi connectivity index (χ0v) is 11.6. The molecule has 1 aliphatic carbocycles. The Kier molecular flexibility index (Phi) is 5.20. The molecular weight excluding hydrogens is 234 g/mol. The lowest BCUT2D eigenvalue weighted by Gasteiger charge is -2.28. The highest BCUT2D eigenvalue weighted by Crippen LogP contribution is 2.26. The van der Waals surface area contributed by atoms with Gasteiger partial charge in [-0.1, -0.05) is 6.07 Å². The van der Waals surface area contributed by atoms with Crippen LogP contribution in [0.1, 0.15) is 30.6 Å². The first kappa shape index (κ1) is 12.5. The molecule has 1 aromatic heterocycles. The van der Waals surface area contributed by atoms with Gasteiger partial charge in [-0.05, 0) is 49.8 Å². The highest BCUT2D eigenvalue weighted by atomic mass is 32.2. The molecule has 0 unspecified atom stereocenters. The van der Waals surface area contributed by atoms with Gasteiger partial charge in [0.2, 0.25) is 0 Å². The van der Waals surface area contributed by atoms with Crippen molar-refractivity contribution in [1.82, 2.24) is 5.32 Å². The first-order chi connectivity index (χ1) is 7.88. The zero-order valence-electron chi connectivity index (χ0n) is 9.95. The molecule has 16 heavy (non-hydrogen) atoms. The Hall–Kier alpha value is 0.01000. The Morgan fingerprint density at radius 2 is 2.19 bits per heavy atom. The van der Waals surface area contributed by atoms with Gasteiger partial charge in [0.15, 0.2) is 0 Å². The average Bonchev–Trinajstić information content (AvgIpc) is 2.83. The third-order valence-corrected chi connectivity index (χ3v) is 5.47. The molecule has 0 bridgehead atoms. The van der Waals surface area contributed by atoms with Gasteiger partial charge in [0.1, 0.15) is 0 Å². The van der Waals surface area contributed by atoms with Crippen LogP contribution in [-0.2, 0) is 6.42 Å². The van der Waals surface area contributed by atoms with Crippen molar-refractivity contribution in [3.8, 4) is 0 Å². The zero-order chi connectivity index (χ0) is 11.2. The van der Waals surface area contributed by atoms with E-state index in [0.717, 1.165) is 17.8 Å². The van der Waals surface area contributed by atoms with Crippen molar-refractivity contribution < 1.29 is 0 Å². The fourth-order valence-corrected chi connectivity index (χ4v) is 3.81. The summed E-state index contributed by atoms with van der Waals surface area (Å²) in [5.41, 5.74) is 0. The Bertz CT molecular complexity index is 276. The van der Waals surface area contributed by atoms with E-state index in [1.165, 1.54) is 37.0 Å². The van der Waals surface area contributed by atoms with Crippen molar-refractivity contribution in [2.24, 2.45) is 0 Å². The van der Waals surface area contributed by atoms with Crippen molar-refractivity contribution in [2.75, 3.05) is 12.8 Å². The lowest BCUT2D eigenvalue weighted by atomic mass is 9.95. The highest BCUT2D eigenvalue weighted by molar-refractivity contribution is 7.99. The monoisotopic (exact) mass is 255 g/mol. The van der Waals surface area contributed by atoms with E-state index in [1.54, 1.807) is 0 Å². The lowest BCUT2D eigenvalue weighted by Crippen LogP contribution is -2.34. The molecule has 1 fully saturated rings. The van der Waals surface area contributed by atoms with Gasteiger partial charge in [-0.25, -0.2) is 0 Å². The number of thioether (sulfide) groups is 1. The fourth-order valence-electron chi connectivity index (χ4n) is 2.36. The molecule has 0 aromatic carbocycles. The van der Waals surface area contributed by atoms with Crippen LogP contribution in [0.5, 0.6) is 0 Å². The molecule has 1 saturated carbocycles. The molecule has 0 radical (unpaired) electrons. The summed E-state index contributed by atoms with van der Waals surface area (Å²) in [6, 6.07) is 5.16. The van der Waals surface area contributed by atoms with Crippen LogP contribution in [0.4, 0.5) is 0 Å². The molecule has 1 nitrogen and oxygen atoms in total. The van der Waals surface area contributed by atoms with Crippen LogP contribution < -0.4 is 5.32 Å².